The summed E-state index contributed by atoms with van der Waals surface area (Å²) < 4.78 is 12.5. The lowest BCUT2D eigenvalue weighted by atomic mass is 9.62. The number of rotatable bonds is 13. The van der Waals surface area contributed by atoms with Gasteiger partial charge in [-0.3, -0.25) is 14.4 Å². The highest BCUT2D eigenvalue weighted by atomic mass is 16.6. The van der Waals surface area contributed by atoms with Gasteiger partial charge in [-0.15, -0.1) is 13.2 Å². The highest BCUT2D eigenvalue weighted by Crippen LogP contribution is 2.65. The Labute approximate surface area is 238 Å². The molecule has 3 aliphatic heterocycles. The van der Waals surface area contributed by atoms with E-state index in [9.17, 15) is 19.5 Å². The summed E-state index contributed by atoms with van der Waals surface area (Å²) in [5.74, 6) is -2.63. The van der Waals surface area contributed by atoms with Gasteiger partial charge in [-0.25, -0.2) is 0 Å². The molecule has 4 rings (SSSR count). The van der Waals surface area contributed by atoms with E-state index < -0.39 is 35.0 Å². The molecule has 1 N–H and O–H groups in total. The number of fused-ring (bicyclic) bond motifs is 1. The fourth-order valence-corrected chi connectivity index (χ4v) is 7.10. The van der Waals surface area contributed by atoms with E-state index in [-0.39, 0.29) is 37.5 Å². The van der Waals surface area contributed by atoms with Crippen molar-refractivity contribution in [1.29, 1.82) is 0 Å². The Kier molecular flexibility index (Phi) is 8.90. The molecule has 0 radical (unpaired) electrons. The molecule has 8 nitrogen and oxygen atoms in total. The third kappa shape index (κ3) is 4.90. The third-order valence-electron chi connectivity index (χ3n) is 9.14. The third-order valence-corrected chi connectivity index (χ3v) is 9.14. The van der Waals surface area contributed by atoms with E-state index in [0.29, 0.717) is 32.2 Å². The van der Waals surface area contributed by atoms with Crippen LogP contribution in [0.2, 0.25) is 0 Å². The minimum absolute atomic E-state index is 0.00838. The Morgan fingerprint density at radius 2 is 1.98 bits per heavy atom. The Hall–Kier alpha value is -2.97. The van der Waals surface area contributed by atoms with Crippen molar-refractivity contribution in [1.82, 2.24) is 4.90 Å². The summed E-state index contributed by atoms with van der Waals surface area (Å²) in [6.45, 7) is 16.2. The van der Waals surface area contributed by atoms with Crippen LogP contribution < -0.4 is 4.90 Å². The Bertz CT molecular complexity index is 1170. The van der Waals surface area contributed by atoms with Crippen LogP contribution in [-0.2, 0) is 23.9 Å². The van der Waals surface area contributed by atoms with Gasteiger partial charge in [-0.2, -0.15) is 0 Å². The summed E-state index contributed by atoms with van der Waals surface area (Å²) in [5.41, 5.74) is 0.637. The highest BCUT2D eigenvalue weighted by Gasteiger charge is 2.80. The number of carbonyl (C=O) groups is 3. The molecule has 3 fully saturated rings. The smallest absolute Gasteiger partial charge is 0.312 e. The predicted octanol–water partition coefficient (Wildman–Crippen LogP) is 4.12. The molecule has 2 amide bonds. The van der Waals surface area contributed by atoms with Gasteiger partial charge in [-0.1, -0.05) is 31.2 Å². The van der Waals surface area contributed by atoms with Gasteiger partial charge >= 0.3 is 5.97 Å². The van der Waals surface area contributed by atoms with Crippen molar-refractivity contribution >= 4 is 23.5 Å². The SMILES string of the molecule is C=CCCCOC(=O)[C@H]1[C@H]2C(=O)N(CCCCO)C(C(=O)N(CC=C)c3cc(C)ccc3C)C23CC(C)[C@]1(C)O3. The van der Waals surface area contributed by atoms with Crippen molar-refractivity contribution in [2.24, 2.45) is 17.8 Å². The van der Waals surface area contributed by atoms with E-state index in [4.69, 9.17) is 9.47 Å². The maximum Gasteiger partial charge on any atom is 0.312 e. The van der Waals surface area contributed by atoms with Crippen LogP contribution in [0.4, 0.5) is 5.69 Å². The maximum atomic E-state index is 14.7. The molecular weight excluding hydrogens is 508 g/mol. The number of benzene rings is 1. The second kappa shape index (κ2) is 11.9. The zero-order chi connectivity index (χ0) is 29.2. The average molecular weight is 553 g/mol. The molecular formula is C32H44N2O6. The molecule has 0 saturated carbocycles. The first-order valence-electron chi connectivity index (χ1n) is 14.5. The number of carbonyl (C=O) groups excluding carboxylic acids is 3. The van der Waals surface area contributed by atoms with E-state index >= 15 is 0 Å². The van der Waals surface area contributed by atoms with Crippen LogP contribution in [0, 0.1) is 31.6 Å². The summed E-state index contributed by atoms with van der Waals surface area (Å²) in [5, 5.41) is 9.43. The number of aryl methyl sites for hydroxylation is 2. The lowest BCUT2D eigenvalue weighted by molar-refractivity contribution is -0.161. The topological polar surface area (TPSA) is 96.4 Å². The number of amides is 2. The molecule has 3 saturated heterocycles. The summed E-state index contributed by atoms with van der Waals surface area (Å²) in [4.78, 5) is 45.8. The lowest BCUT2D eigenvalue weighted by Gasteiger charge is -2.37. The Balaban J connectivity index is 1.78. The number of aliphatic hydroxyl groups is 1. The molecule has 0 aliphatic carbocycles. The predicted molar refractivity (Wildman–Crippen MR) is 154 cm³/mol. The van der Waals surface area contributed by atoms with Gasteiger partial charge < -0.3 is 24.4 Å². The quantitative estimate of drug-likeness (QED) is 0.225. The Morgan fingerprint density at radius 3 is 2.65 bits per heavy atom. The van der Waals surface area contributed by atoms with Crippen LogP contribution in [-0.4, -0.2) is 71.3 Å². The van der Waals surface area contributed by atoms with E-state index in [0.717, 1.165) is 23.2 Å². The molecule has 1 aromatic carbocycles. The van der Waals surface area contributed by atoms with Gasteiger partial charge in [0, 0.05) is 25.4 Å². The number of unbranched alkanes of at least 4 members (excludes halogenated alkanes) is 2. The number of ether oxygens (including phenoxy) is 2. The summed E-state index contributed by atoms with van der Waals surface area (Å²) in [6.07, 6.45) is 6.35. The lowest BCUT2D eigenvalue weighted by Crippen LogP contribution is -2.57. The van der Waals surface area contributed by atoms with Crippen LogP contribution in [0.5, 0.6) is 0 Å². The van der Waals surface area contributed by atoms with Gasteiger partial charge in [0.05, 0.1) is 18.1 Å². The first kappa shape index (κ1) is 30.0. The minimum atomic E-state index is -1.15. The number of esters is 1. The van der Waals surface area contributed by atoms with Crippen molar-refractivity contribution in [2.45, 2.75) is 77.0 Å². The molecule has 0 aromatic heterocycles. The molecule has 3 heterocycles. The number of nitrogens with zero attached hydrogens (tertiary/aromatic N) is 2. The van der Waals surface area contributed by atoms with Gasteiger partial charge in [0.2, 0.25) is 5.91 Å². The largest absolute Gasteiger partial charge is 0.465 e. The van der Waals surface area contributed by atoms with Crippen molar-refractivity contribution < 1.29 is 29.0 Å². The fraction of sp³-hybridized carbons (Fsp3) is 0.594. The zero-order valence-corrected chi connectivity index (χ0v) is 24.4. The van der Waals surface area contributed by atoms with Gasteiger partial charge in [0.1, 0.15) is 17.6 Å². The van der Waals surface area contributed by atoms with Gasteiger partial charge in [0.25, 0.3) is 5.91 Å². The molecule has 218 valence electrons. The second-order valence-electron chi connectivity index (χ2n) is 11.8. The second-order valence-corrected chi connectivity index (χ2v) is 11.8. The van der Waals surface area contributed by atoms with Gasteiger partial charge in [0.15, 0.2) is 0 Å². The monoisotopic (exact) mass is 552 g/mol. The average Bonchev–Trinajstić information content (AvgIpc) is 3.43. The summed E-state index contributed by atoms with van der Waals surface area (Å²) >= 11 is 0. The standard InChI is InChI=1S/C32H44N2O6/c1-7-9-12-18-39-30(38)26-25-28(36)34(16-10-11-17-35)27(32(25)20-23(5)31(26,6)40-32)29(37)33(15-8-2)24-19-21(3)13-14-22(24)4/h7-8,13-14,19,23,25-27,35H,1-2,9-12,15-18,20H2,3-6H3/t23?,25-,26+,27?,31-,32?/m0/s1. The molecule has 8 heteroatoms. The number of anilines is 1. The number of hydrogen-bond donors (Lipinski definition) is 1. The normalized spacial score (nSPS) is 30.3. The van der Waals surface area contributed by atoms with E-state index in [1.54, 1.807) is 22.0 Å². The number of aliphatic hydroxyl groups excluding tert-OH is 1. The number of allylic oxidation sites excluding steroid dienone is 1. The first-order chi connectivity index (χ1) is 19.1. The first-order valence-corrected chi connectivity index (χ1v) is 14.5. The molecule has 1 spiro atoms. The molecule has 40 heavy (non-hydrogen) atoms. The van der Waals surface area contributed by atoms with E-state index in [2.05, 4.69) is 13.2 Å². The van der Waals surface area contributed by atoms with Crippen molar-refractivity contribution in [2.75, 3.05) is 31.2 Å². The molecule has 3 aliphatic rings. The summed E-state index contributed by atoms with van der Waals surface area (Å²) in [6, 6.07) is 5.04. The minimum Gasteiger partial charge on any atom is -0.465 e. The maximum absolute atomic E-state index is 14.7. The number of likely N-dealkylation sites (tertiary alicyclic amines) is 1. The number of hydrogen-bond acceptors (Lipinski definition) is 6. The molecule has 1 aromatic rings. The molecule has 6 atom stereocenters. The van der Waals surface area contributed by atoms with Crippen molar-refractivity contribution in [3.05, 3.63) is 54.6 Å². The van der Waals surface area contributed by atoms with Crippen molar-refractivity contribution in [3.8, 4) is 0 Å². The molecule has 2 bridgehead atoms. The zero-order valence-electron chi connectivity index (χ0n) is 24.4. The fourth-order valence-electron chi connectivity index (χ4n) is 7.10. The van der Waals surface area contributed by atoms with Gasteiger partial charge in [-0.05, 0) is 76.0 Å². The highest BCUT2D eigenvalue weighted by molar-refractivity contribution is 6.05. The van der Waals surface area contributed by atoms with Crippen LogP contribution in [0.3, 0.4) is 0 Å². The summed E-state index contributed by atoms with van der Waals surface area (Å²) in [7, 11) is 0. The van der Waals surface area contributed by atoms with Crippen LogP contribution in [0.25, 0.3) is 0 Å². The van der Waals surface area contributed by atoms with Crippen LogP contribution in [0.15, 0.2) is 43.5 Å². The van der Waals surface area contributed by atoms with E-state index in [1.807, 2.05) is 45.9 Å². The van der Waals surface area contributed by atoms with E-state index in [1.165, 1.54) is 0 Å². The molecule has 3 unspecified atom stereocenters. The Morgan fingerprint density at radius 1 is 1.23 bits per heavy atom. The van der Waals surface area contributed by atoms with Crippen LogP contribution in [0.1, 0.15) is 57.1 Å². The van der Waals surface area contributed by atoms with Crippen molar-refractivity contribution in [3.63, 3.8) is 0 Å². The van der Waals surface area contributed by atoms with Crippen LogP contribution >= 0.6 is 0 Å².